The van der Waals surface area contributed by atoms with Gasteiger partial charge in [-0.15, -0.1) is 0 Å². The fourth-order valence-electron chi connectivity index (χ4n) is 4.20. The number of ether oxygens (including phenoxy) is 3. The number of nitro benzene ring substituents is 1. The van der Waals surface area contributed by atoms with Crippen LogP contribution in [0.2, 0.25) is 0 Å². The normalized spacial score (nSPS) is 16.9. The molecule has 36 heavy (non-hydrogen) atoms. The zero-order valence-electron chi connectivity index (χ0n) is 20.8. The molecule has 11 heteroatoms. The molecule has 0 aromatic heterocycles. The number of likely N-dealkylation sites (tertiary alicyclic amines) is 1. The van der Waals surface area contributed by atoms with Gasteiger partial charge in [-0.2, -0.15) is 0 Å². The summed E-state index contributed by atoms with van der Waals surface area (Å²) in [6, 6.07) is 7.49. The van der Waals surface area contributed by atoms with E-state index in [0.29, 0.717) is 35.8 Å². The molecule has 1 saturated heterocycles. The molecule has 11 nitrogen and oxygen atoms in total. The van der Waals surface area contributed by atoms with E-state index in [1.165, 1.54) is 44.4 Å². The first-order chi connectivity index (χ1) is 17.1. The lowest BCUT2D eigenvalue weighted by atomic mass is 9.94. The summed E-state index contributed by atoms with van der Waals surface area (Å²) in [4.78, 5) is 40.4. The Morgan fingerprint density at radius 3 is 2.25 bits per heavy atom. The van der Waals surface area contributed by atoms with E-state index < -0.39 is 28.4 Å². The highest BCUT2D eigenvalue weighted by Crippen LogP contribution is 2.45. The summed E-state index contributed by atoms with van der Waals surface area (Å²) in [5.41, 5.74) is 0.0525. The van der Waals surface area contributed by atoms with E-state index >= 15 is 0 Å². The smallest absolute Gasteiger partial charge is 0.295 e. The minimum Gasteiger partial charge on any atom is -0.507 e. The van der Waals surface area contributed by atoms with Gasteiger partial charge >= 0.3 is 0 Å². The maximum Gasteiger partial charge on any atom is 0.295 e. The number of ketones is 1. The minimum atomic E-state index is -0.986. The maximum atomic E-state index is 13.2. The number of Topliss-reactive ketones (excluding diaryl/α,β-unsaturated/α-hetero) is 1. The SMILES string of the molecule is COc1cc(C2/C(=C(\O)c3cccc([N+](=O)[O-])c3)C(=O)C(=O)N2CCCN(C)C)cc(OC)c1OC. The Morgan fingerprint density at radius 2 is 1.72 bits per heavy atom. The number of carbonyl (C=O) groups excluding carboxylic acids is 2. The quantitative estimate of drug-likeness (QED) is 0.172. The number of methoxy groups -OCH3 is 3. The molecule has 192 valence electrons. The second-order valence-corrected chi connectivity index (χ2v) is 8.42. The first-order valence-electron chi connectivity index (χ1n) is 11.1. The summed E-state index contributed by atoms with van der Waals surface area (Å²) in [7, 11) is 8.13. The third kappa shape index (κ3) is 5.10. The summed E-state index contributed by atoms with van der Waals surface area (Å²) < 4.78 is 16.3. The Labute approximate surface area is 208 Å². The molecule has 0 spiro atoms. The predicted octanol–water partition coefficient (Wildman–Crippen LogP) is 2.99. The van der Waals surface area contributed by atoms with E-state index in [0.717, 1.165) is 6.07 Å². The number of hydrogen-bond acceptors (Lipinski definition) is 9. The molecule has 1 fully saturated rings. The number of aliphatic hydroxyl groups is 1. The van der Waals surface area contributed by atoms with Crippen molar-refractivity contribution in [2.45, 2.75) is 12.5 Å². The Morgan fingerprint density at radius 1 is 1.08 bits per heavy atom. The van der Waals surface area contributed by atoms with Crippen LogP contribution in [-0.2, 0) is 9.59 Å². The number of nitro groups is 1. The Hall–Kier alpha value is -4.12. The molecule has 0 radical (unpaired) electrons. The number of aliphatic hydroxyl groups excluding tert-OH is 1. The van der Waals surface area contributed by atoms with Gasteiger partial charge in [0.2, 0.25) is 5.75 Å². The highest BCUT2D eigenvalue weighted by atomic mass is 16.6. The van der Waals surface area contributed by atoms with Gasteiger partial charge in [0, 0.05) is 24.2 Å². The molecule has 0 saturated carbocycles. The Bertz CT molecular complexity index is 1180. The molecule has 1 amide bonds. The molecule has 1 heterocycles. The van der Waals surface area contributed by atoms with Crippen LogP contribution in [0.4, 0.5) is 5.69 Å². The van der Waals surface area contributed by atoms with Gasteiger partial charge in [0.05, 0.1) is 37.9 Å². The standard InChI is InChI=1S/C25H29N3O8/c1-26(2)10-7-11-27-21(16-13-18(34-3)24(36-5)19(14-16)35-4)20(23(30)25(27)31)22(29)15-8-6-9-17(12-15)28(32)33/h6,8-9,12-14,21,29H,7,10-11H2,1-5H3/b22-20+. The average Bonchev–Trinajstić information content (AvgIpc) is 3.12. The highest BCUT2D eigenvalue weighted by Gasteiger charge is 2.46. The monoisotopic (exact) mass is 499 g/mol. The van der Waals surface area contributed by atoms with Crippen LogP contribution >= 0.6 is 0 Å². The molecule has 3 rings (SSSR count). The van der Waals surface area contributed by atoms with Gasteiger partial charge in [0.25, 0.3) is 17.4 Å². The van der Waals surface area contributed by atoms with E-state index in [2.05, 4.69) is 0 Å². The van der Waals surface area contributed by atoms with E-state index in [9.17, 15) is 24.8 Å². The summed E-state index contributed by atoms with van der Waals surface area (Å²) in [6.45, 7) is 0.894. The van der Waals surface area contributed by atoms with E-state index in [1.807, 2.05) is 19.0 Å². The van der Waals surface area contributed by atoms with Crippen LogP contribution in [0.25, 0.3) is 5.76 Å². The molecule has 0 aliphatic carbocycles. The molecule has 1 aliphatic rings. The van der Waals surface area contributed by atoms with E-state index in [1.54, 1.807) is 12.1 Å². The second kappa shape index (κ2) is 11.1. The molecule has 1 atom stereocenters. The van der Waals surface area contributed by atoms with Crippen molar-refractivity contribution in [3.63, 3.8) is 0 Å². The first-order valence-corrected chi connectivity index (χ1v) is 11.1. The number of carbonyl (C=O) groups is 2. The topological polar surface area (TPSA) is 132 Å². The predicted molar refractivity (Wildman–Crippen MR) is 131 cm³/mol. The van der Waals surface area contributed by atoms with Crippen molar-refractivity contribution in [3.05, 3.63) is 63.2 Å². The fraction of sp³-hybridized carbons (Fsp3) is 0.360. The molecule has 1 N–H and O–H groups in total. The third-order valence-electron chi connectivity index (χ3n) is 5.88. The Balaban J connectivity index is 2.24. The van der Waals surface area contributed by atoms with Crippen LogP contribution in [0.15, 0.2) is 42.0 Å². The van der Waals surface area contributed by atoms with Crippen molar-refractivity contribution >= 4 is 23.1 Å². The van der Waals surface area contributed by atoms with Gasteiger partial charge < -0.3 is 29.1 Å². The number of benzene rings is 2. The molecule has 2 aromatic carbocycles. The number of nitrogens with zero attached hydrogens (tertiary/aromatic N) is 3. The van der Waals surface area contributed by atoms with Crippen molar-refractivity contribution in [3.8, 4) is 17.2 Å². The van der Waals surface area contributed by atoms with Gasteiger partial charge in [-0.1, -0.05) is 12.1 Å². The maximum absolute atomic E-state index is 13.2. The largest absolute Gasteiger partial charge is 0.507 e. The summed E-state index contributed by atoms with van der Waals surface area (Å²) in [5, 5.41) is 22.5. The fourth-order valence-corrected chi connectivity index (χ4v) is 4.20. The lowest BCUT2D eigenvalue weighted by Crippen LogP contribution is -2.32. The zero-order chi connectivity index (χ0) is 26.6. The van der Waals surface area contributed by atoms with Gasteiger partial charge in [0.1, 0.15) is 5.76 Å². The van der Waals surface area contributed by atoms with Crippen LogP contribution < -0.4 is 14.2 Å². The number of rotatable bonds is 10. The second-order valence-electron chi connectivity index (χ2n) is 8.42. The van der Waals surface area contributed by atoms with Crippen molar-refractivity contribution < 1.29 is 33.8 Å². The Kier molecular flexibility index (Phi) is 8.15. The number of amides is 1. The van der Waals surface area contributed by atoms with Crippen molar-refractivity contribution in [1.29, 1.82) is 0 Å². The van der Waals surface area contributed by atoms with Gasteiger partial charge in [-0.25, -0.2) is 0 Å². The molecule has 1 aliphatic heterocycles. The minimum absolute atomic E-state index is 0.0490. The van der Waals surface area contributed by atoms with Gasteiger partial charge in [0.15, 0.2) is 11.5 Å². The summed E-state index contributed by atoms with van der Waals surface area (Å²) in [6.07, 6.45) is 0.567. The number of hydrogen-bond donors (Lipinski definition) is 1. The van der Waals surface area contributed by atoms with Crippen molar-refractivity contribution in [2.24, 2.45) is 0 Å². The van der Waals surface area contributed by atoms with Crippen LogP contribution in [0.3, 0.4) is 0 Å². The molecule has 2 aromatic rings. The van der Waals surface area contributed by atoms with E-state index in [4.69, 9.17) is 14.2 Å². The van der Waals surface area contributed by atoms with Crippen LogP contribution in [-0.4, -0.2) is 80.0 Å². The lowest BCUT2D eigenvalue weighted by Gasteiger charge is -2.27. The first kappa shape index (κ1) is 26.5. The van der Waals surface area contributed by atoms with Crippen molar-refractivity contribution in [2.75, 3.05) is 48.5 Å². The zero-order valence-corrected chi connectivity index (χ0v) is 20.8. The third-order valence-corrected chi connectivity index (χ3v) is 5.88. The molecule has 0 bridgehead atoms. The summed E-state index contributed by atoms with van der Waals surface area (Å²) in [5.74, 6) is -1.23. The summed E-state index contributed by atoms with van der Waals surface area (Å²) >= 11 is 0. The van der Waals surface area contributed by atoms with Gasteiger partial charge in [-0.3, -0.25) is 19.7 Å². The average molecular weight is 500 g/mol. The molecular formula is C25H29N3O8. The molecule has 1 unspecified atom stereocenters. The van der Waals surface area contributed by atoms with Crippen LogP contribution in [0, 0.1) is 10.1 Å². The number of non-ortho nitro benzene ring substituents is 1. The van der Waals surface area contributed by atoms with Crippen LogP contribution in [0.5, 0.6) is 17.2 Å². The highest BCUT2D eigenvalue weighted by molar-refractivity contribution is 6.46. The lowest BCUT2D eigenvalue weighted by molar-refractivity contribution is -0.384. The van der Waals surface area contributed by atoms with E-state index in [-0.39, 0.29) is 23.4 Å². The van der Waals surface area contributed by atoms with Crippen molar-refractivity contribution in [1.82, 2.24) is 9.80 Å². The van der Waals surface area contributed by atoms with Crippen LogP contribution in [0.1, 0.15) is 23.6 Å². The molecular weight excluding hydrogens is 470 g/mol. The van der Waals surface area contributed by atoms with Gasteiger partial charge in [-0.05, 0) is 44.8 Å².